The Labute approximate surface area is 413 Å². The molecule has 22 nitrogen and oxygen atoms in total. The van der Waals surface area contributed by atoms with Gasteiger partial charge in [0.15, 0.2) is 23.3 Å². The maximum Gasteiger partial charge on any atom is 0.222 e. The molecule has 0 saturated heterocycles. The van der Waals surface area contributed by atoms with Crippen LogP contribution in [0.5, 0.6) is 0 Å². The van der Waals surface area contributed by atoms with Gasteiger partial charge < -0.3 is 54.4 Å². The summed E-state index contributed by atoms with van der Waals surface area (Å²) in [5.41, 5.74) is 28.6. The number of unbranched alkanes of at least 4 members (excludes halogenated alkanes) is 1. The van der Waals surface area contributed by atoms with Crippen molar-refractivity contribution in [3.8, 4) is 0 Å². The van der Waals surface area contributed by atoms with Crippen molar-refractivity contribution >= 4 is 91.2 Å². The average Bonchev–Trinajstić information content (AvgIpc) is 4.18. The van der Waals surface area contributed by atoms with Crippen molar-refractivity contribution < 1.29 is 10.2 Å². The second-order valence-corrected chi connectivity index (χ2v) is 17.7. The molecule has 8 aromatic rings. The molecule has 1 saturated carbocycles. The Balaban J connectivity index is 0.000000155. The SMILES string of the molecule is CC(C)C[C@@H](CO)Nc1nc(N)nc2cccnc12.CCCC(C)Nc1nc(N)nc2cccnc12.CCCCNc1nc(N)nc2cccnc12.Nc1nc(N[C@H](CO)CC2CC2)c2ncccc2n1. The first-order valence-corrected chi connectivity index (χ1v) is 24.2. The van der Waals surface area contributed by atoms with Crippen LogP contribution in [0.25, 0.3) is 44.1 Å². The highest BCUT2D eigenvalue weighted by Crippen LogP contribution is 2.34. The molecule has 9 rings (SSSR count). The lowest BCUT2D eigenvalue weighted by molar-refractivity contribution is 0.259. The molecule has 1 aliphatic carbocycles. The number of hydrogen-bond acceptors (Lipinski definition) is 22. The zero-order valence-corrected chi connectivity index (χ0v) is 41.2. The minimum absolute atomic E-state index is 0.00740. The quantitative estimate of drug-likeness (QED) is 0.0403. The van der Waals surface area contributed by atoms with Gasteiger partial charge in [-0.3, -0.25) is 19.9 Å². The van der Waals surface area contributed by atoms with E-state index in [1.54, 1.807) is 30.9 Å². The molecule has 0 aliphatic heterocycles. The summed E-state index contributed by atoms with van der Waals surface area (Å²) in [5, 5.41) is 31.9. The van der Waals surface area contributed by atoms with Crippen molar-refractivity contribution in [2.24, 2.45) is 11.8 Å². The Bertz CT molecular complexity index is 2830. The van der Waals surface area contributed by atoms with Crippen LogP contribution >= 0.6 is 0 Å². The zero-order valence-electron chi connectivity index (χ0n) is 41.2. The van der Waals surface area contributed by atoms with Crippen LogP contribution in [0, 0.1) is 11.8 Å². The van der Waals surface area contributed by atoms with Crippen molar-refractivity contribution in [1.29, 1.82) is 0 Å². The first-order valence-electron chi connectivity index (χ1n) is 24.2. The lowest BCUT2D eigenvalue weighted by Crippen LogP contribution is -2.26. The fourth-order valence-corrected chi connectivity index (χ4v) is 7.56. The number of hydrogen-bond donors (Lipinski definition) is 10. The van der Waals surface area contributed by atoms with E-state index >= 15 is 0 Å². The van der Waals surface area contributed by atoms with Gasteiger partial charge in [0, 0.05) is 37.4 Å². The summed E-state index contributed by atoms with van der Waals surface area (Å²) in [6.07, 6.45) is 15.6. The molecular formula is C49H68N20O2. The van der Waals surface area contributed by atoms with Gasteiger partial charge in [-0.1, -0.05) is 53.4 Å². The molecule has 0 bridgehead atoms. The second kappa shape index (κ2) is 26.3. The molecule has 0 radical (unpaired) electrons. The molecule has 0 amide bonds. The molecule has 3 atom stereocenters. The van der Waals surface area contributed by atoms with E-state index in [0.717, 1.165) is 78.9 Å². The number of aliphatic hydroxyl groups is 2. The molecular weight excluding hydrogens is 901 g/mol. The molecule has 8 heterocycles. The number of fused-ring (bicyclic) bond motifs is 4. The zero-order chi connectivity index (χ0) is 50.7. The summed E-state index contributed by atoms with van der Waals surface area (Å²) in [6, 6.07) is 15.0. The molecule has 71 heavy (non-hydrogen) atoms. The third-order valence-corrected chi connectivity index (χ3v) is 11.0. The van der Waals surface area contributed by atoms with Gasteiger partial charge in [0.2, 0.25) is 23.8 Å². The number of anilines is 8. The standard InChI is InChI=1S/C13H17N5O.C13H19N5O.C12H17N5.C11H15N5/c14-13-17-10-2-1-5-15-11(10)12(18-13)16-9(7-19)6-8-3-4-8;1-8(2)6-9(7-19)16-12-11-10(4-3-5-15-11)17-13(14)18-12;1-3-5-8(2)15-11-10-9(6-4-7-14-10)16-12(13)17-11;1-2-3-6-14-10-9-8(5-4-7-13-9)15-11(12)16-10/h1-2,5,8-9,19H,3-4,6-7H2,(H3,14,16,17,18);3-5,8-9,19H,6-7H2,1-2H3,(H3,14,16,17,18);4,6-8H,3,5H2,1-2H3,(H3,13,15,16,17);4-5,7H,2-3,6H2,1H3,(H3,12,14,15,16)/t2*9-;;/m00../s1. The molecule has 14 N–H and O–H groups in total. The van der Waals surface area contributed by atoms with E-state index in [-0.39, 0.29) is 49.1 Å². The van der Waals surface area contributed by atoms with Gasteiger partial charge in [-0.15, -0.1) is 0 Å². The summed E-state index contributed by atoms with van der Waals surface area (Å²) < 4.78 is 0. The topological polar surface area (TPSA) is 347 Å². The first kappa shape index (κ1) is 52.6. The highest BCUT2D eigenvalue weighted by Gasteiger charge is 2.26. The van der Waals surface area contributed by atoms with Crippen molar-refractivity contribution in [2.75, 3.05) is 64.0 Å². The normalized spacial score (nSPS) is 13.2. The van der Waals surface area contributed by atoms with Crippen LogP contribution in [0.1, 0.15) is 86.0 Å². The second-order valence-electron chi connectivity index (χ2n) is 17.7. The molecule has 1 fully saturated rings. The summed E-state index contributed by atoms with van der Waals surface area (Å²) in [5.74, 6) is 4.77. The Morgan fingerprint density at radius 2 is 0.930 bits per heavy atom. The number of nitrogens with zero attached hydrogens (tertiary/aromatic N) is 12. The van der Waals surface area contributed by atoms with E-state index in [9.17, 15) is 10.2 Å². The van der Waals surface area contributed by atoms with Gasteiger partial charge in [-0.25, -0.2) is 19.9 Å². The van der Waals surface area contributed by atoms with E-state index in [0.29, 0.717) is 51.5 Å². The van der Waals surface area contributed by atoms with Gasteiger partial charge in [-0.2, -0.15) is 19.9 Å². The number of rotatable bonds is 18. The number of pyridine rings is 4. The van der Waals surface area contributed by atoms with Crippen LogP contribution in [-0.4, -0.2) is 108 Å². The van der Waals surface area contributed by atoms with Crippen LogP contribution in [-0.2, 0) is 0 Å². The van der Waals surface area contributed by atoms with Gasteiger partial charge in [0.1, 0.15) is 22.1 Å². The fraction of sp³-hybridized carbons (Fsp3) is 0.429. The van der Waals surface area contributed by atoms with Crippen LogP contribution in [0.4, 0.5) is 47.1 Å². The number of aliphatic hydroxyl groups excluding tert-OH is 2. The van der Waals surface area contributed by atoms with Crippen molar-refractivity contribution in [3.63, 3.8) is 0 Å². The van der Waals surface area contributed by atoms with E-state index in [1.807, 2.05) is 42.5 Å². The highest BCUT2D eigenvalue weighted by atomic mass is 16.3. The Morgan fingerprint density at radius 3 is 1.31 bits per heavy atom. The minimum Gasteiger partial charge on any atom is -0.394 e. The maximum atomic E-state index is 9.45. The smallest absolute Gasteiger partial charge is 0.222 e. The van der Waals surface area contributed by atoms with Crippen LogP contribution in [0.2, 0.25) is 0 Å². The predicted molar refractivity (Wildman–Crippen MR) is 284 cm³/mol. The van der Waals surface area contributed by atoms with E-state index < -0.39 is 0 Å². The average molecular weight is 969 g/mol. The lowest BCUT2D eigenvalue weighted by Gasteiger charge is -2.19. The molecule has 1 aliphatic rings. The van der Waals surface area contributed by atoms with E-state index in [4.69, 9.17) is 22.9 Å². The third-order valence-electron chi connectivity index (χ3n) is 11.0. The molecule has 0 aromatic carbocycles. The number of nitrogens with one attached hydrogen (secondary N) is 4. The minimum atomic E-state index is -0.0699. The monoisotopic (exact) mass is 969 g/mol. The first-order chi connectivity index (χ1) is 34.4. The Kier molecular flexibility index (Phi) is 19.5. The van der Waals surface area contributed by atoms with Crippen LogP contribution in [0.3, 0.4) is 0 Å². The third kappa shape index (κ3) is 15.9. The molecule has 22 heteroatoms. The van der Waals surface area contributed by atoms with Gasteiger partial charge in [-0.05, 0) is 93.0 Å². The number of nitrogens with two attached hydrogens (primary N) is 4. The predicted octanol–water partition coefficient (Wildman–Crippen LogP) is 6.63. The highest BCUT2D eigenvalue weighted by molar-refractivity contribution is 5.88. The van der Waals surface area contributed by atoms with E-state index in [1.165, 1.54) is 12.8 Å². The van der Waals surface area contributed by atoms with Crippen molar-refractivity contribution in [3.05, 3.63) is 73.3 Å². The van der Waals surface area contributed by atoms with Crippen LogP contribution in [0.15, 0.2) is 73.3 Å². The fourth-order valence-electron chi connectivity index (χ4n) is 7.56. The Hall–Kier alpha value is -7.72. The molecule has 0 spiro atoms. The van der Waals surface area contributed by atoms with Crippen LogP contribution < -0.4 is 44.2 Å². The molecule has 1 unspecified atom stereocenters. The van der Waals surface area contributed by atoms with Gasteiger partial charge in [0.25, 0.3) is 0 Å². The Morgan fingerprint density at radius 1 is 0.535 bits per heavy atom. The van der Waals surface area contributed by atoms with E-state index in [2.05, 4.69) is 116 Å². The summed E-state index contributed by atoms with van der Waals surface area (Å²) in [4.78, 5) is 50.4. The number of aromatic nitrogens is 12. The molecule has 376 valence electrons. The summed E-state index contributed by atoms with van der Waals surface area (Å²) in [6.45, 7) is 11.6. The molecule has 8 aromatic heterocycles. The number of nitrogen functional groups attached to an aromatic ring is 4. The largest absolute Gasteiger partial charge is 0.394 e. The van der Waals surface area contributed by atoms with Crippen molar-refractivity contribution in [2.45, 2.75) is 104 Å². The maximum absolute atomic E-state index is 9.45. The van der Waals surface area contributed by atoms with Gasteiger partial charge in [0.05, 0.1) is 47.4 Å². The summed E-state index contributed by atoms with van der Waals surface area (Å²) in [7, 11) is 0. The van der Waals surface area contributed by atoms with Crippen molar-refractivity contribution in [1.82, 2.24) is 59.8 Å². The van der Waals surface area contributed by atoms with Gasteiger partial charge >= 0.3 is 0 Å². The summed E-state index contributed by atoms with van der Waals surface area (Å²) >= 11 is 0. The lowest BCUT2D eigenvalue weighted by atomic mass is 10.0.